The van der Waals surface area contributed by atoms with E-state index in [9.17, 15) is 0 Å². The van der Waals surface area contributed by atoms with Crippen molar-refractivity contribution in [2.45, 2.75) is 32.9 Å². The van der Waals surface area contributed by atoms with E-state index in [2.05, 4.69) is 48.1 Å². The van der Waals surface area contributed by atoms with Crippen molar-refractivity contribution in [1.29, 1.82) is 0 Å². The quantitative estimate of drug-likeness (QED) is 0.851. The highest BCUT2D eigenvalue weighted by atomic mass is 32.1. The summed E-state index contributed by atoms with van der Waals surface area (Å²) in [5.74, 6) is 0. The minimum absolute atomic E-state index is 0.542. The van der Waals surface area contributed by atoms with Gasteiger partial charge in [-0.1, -0.05) is 6.07 Å². The van der Waals surface area contributed by atoms with Crippen molar-refractivity contribution in [3.8, 4) is 0 Å². The van der Waals surface area contributed by atoms with E-state index < -0.39 is 0 Å². The summed E-state index contributed by atoms with van der Waals surface area (Å²) in [5, 5.41) is 7.89. The van der Waals surface area contributed by atoms with Crippen molar-refractivity contribution in [1.82, 2.24) is 5.32 Å². The summed E-state index contributed by atoms with van der Waals surface area (Å²) in [7, 11) is 0. The molecule has 2 heterocycles. The molecule has 1 nitrogen and oxygen atoms in total. The van der Waals surface area contributed by atoms with Gasteiger partial charge in [0.25, 0.3) is 0 Å². The minimum atomic E-state index is 0.542. The lowest BCUT2D eigenvalue weighted by molar-refractivity contribution is 0.551. The maximum Gasteiger partial charge on any atom is 0.0304 e. The fourth-order valence-corrected chi connectivity index (χ4v) is 3.35. The van der Waals surface area contributed by atoms with Crippen molar-refractivity contribution in [3.63, 3.8) is 0 Å². The summed E-state index contributed by atoms with van der Waals surface area (Å²) < 4.78 is 0. The minimum Gasteiger partial charge on any atom is -0.309 e. The Hall–Kier alpha value is -0.640. The molecule has 0 radical (unpaired) electrons. The molecule has 3 heteroatoms. The van der Waals surface area contributed by atoms with E-state index in [-0.39, 0.29) is 0 Å². The summed E-state index contributed by atoms with van der Waals surface area (Å²) in [4.78, 5) is 2.92. The highest BCUT2D eigenvalue weighted by Crippen LogP contribution is 2.16. The van der Waals surface area contributed by atoms with Crippen molar-refractivity contribution < 1.29 is 0 Å². The van der Waals surface area contributed by atoms with Crippen LogP contribution in [0.4, 0.5) is 0 Å². The topological polar surface area (TPSA) is 12.0 Å². The lowest BCUT2D eigenvalue weighted by atomic mass is 10.2. The fraction of sp³-hybridized carbons (Fsp3) is 0.385. The van der Waals surface area contributed by atoms with E-state index in [1.54, 1.807) is 0 Å². The summed E-state index contributed by atoms with van der Waals surface area (Å²) >= 11 is 3.68. The van der Waals surface area contributed by atoms with Crippen LogP contribution < -0.4 is 5.32 Å². The average molecular weight is 251 g/mol. The van der Waals surface area contributed by atoms with E-state index in [0.29, 0.717) is 6.04 Å². The first-order valence-corrected chi connectivity index (χ1v) is 7.30. The number of hydrogen-bond acceptors (Lipinski definition) is 3. The lowest BCUT2D eigenvalue weighted by Gasteiger charge is -2.12. The molecule has 0 fully saturated rings. The van der Waals surface area contributed by atoms with Gasteiger partial charge < -0.3 is 5.32 Å². The Morgan fingerprint density at radius 1 is 1.25 bits per heavy atom. The van der Waals surface area contributed by atoms with Gasteiger partial charge in [0.1, 0.15) is 0 Å². The summed E-state index contributed by atoms with van der Waals surface area (Å²) in [6.07, 6.45) is 1.13. The van der Waals surface area contributed by atoms with Crippen molar-refractivity contribution >= 4 is 22.7 Å². The highest BCUT2D eigenvalue weighted by Gasteiger charge is 2.05. The molecule has 0 saturated carbocycles. The van der Waals surface area contributed by atoms with E-state index in [1.807, 2.05) is 22.7 Å². The zero-order valence-electron chi connectivity index (χ0n) is 9.69. The molecule has 2 rings (SSSR count). The molecule has 2 aromatic heterocycles. The van der Waals surface area contributed by atoms with Crippen LogP contribution in [-0.4, -0.2) is 6.04 Å². The zero-order valence-corrected chi connectivity index (χ0v) is 11.3. The van der Waals surface area contributed by atoms with Crippen LogP contribution in [0.5, 0.6) is 0 Å². The van der Waals surface area contributed by atoms with Crippen LogP contribution in [0.2, 0.25) is 0 Å². The molecule has 0 amide bonds. The number of nitrogens with one attached hydrogen (secondary N) is 1. The van der Waals surface area contributed by atoms with Gasteiger partial charge in [-0.3, -0.25) is 0 Å². The van der Waals surface area contributed by atoms with E-state index in [0.717, 1.165) is 13.0 Å². The third-order valence-electron chi connectivity index (χ3n) is 2.67. The van der Waals surface area contributed by atoms with Gasteiger partial charge in [0, 0.05) is 22.3 Å². The Bertz CT molecular complexity index is 417. The van der Waals surface area contributed by atoms with Crippen LogP contribution in [0.3, 0.4) is 0 Å². The fourth-order valence-electron chi connectivity index (χ4n) is 1.65. The number of thiophene rings is 2. The standard InChI is InChI=1S/C13H17NS2/c1-10-5-7-16-13(10)9-14-11(2)8-12-4-3-6-15-12/h3-7,11,14H,8-9H2,1-2H3. The molecule has 0 spiro atoms. The normalized spacial score (nSPS) is 12.9. The molecule has 2 aromatic rings. The molecule has 16 heavy (non-hydrogen) atoms. The molecule has 0 aromatic carbocycles. The van der Waals surface area contributed by atoms with Crippen LogP contribution in [0.25, 0.3) is 0 Å². The maximum absolute atomic E-state index is 3.58. The average Bonchev–Trinajstić information content (AvgIpc) is 2.87. The smallest absolute Gasteiger partial charge is 0.0304 e. The molecule has 86 valence electrons. The van der Waals surface area contributed by atoms with E-state index in [4.69, 9.17) is 0 Å². The first kappa shape index (κ1) is 11.8. The molecule has 0 aliphatic heterocycles. The maximum atomic E-state index is 3.58. The Kier molecular flexibility index (Phi) is 4.16. The molecule has 0 saturated heterocycles. The zero-order chi connectivity index (χ0) is 11.4. The van der Waals surface area contributed by atoms with E-state index >= 15 is 0 Å². The monoisotopic (exact) mass is 251 g/mol. The second-order valence-corrected chi connectivity index (χ2v) is 6.13. The SMILES string of the molecule is Cc1ccsc1CNC(C)Cc1cccs1. The van der Waals surface area contributed by atoms with Crippen molar-refractivity contribution in [2.24, 2.45) is 0 Å². The van der Waals surface area contributed by atoms with Gasteiger partial charge in [0.15, 0.2) is 0 Å². The summed E-state index contributed by atoms with van der Waals surface area (Å²) in [6.45, 7) is 5.43. The molecular formula is C13H17NS2. The van der Waals surface area contributed by atoms with Gasteiger partial charge in [0.05, 0.1) is 0 Å². The van der Waals surface area contributed by atoms with Crippen molar-refractivity contribution in [2.75, 3.05) is 0 Å². The first-order chi connectivity index (χ1) is 7.75. The summed E-state index contributed by atoms with van der Waals surface area (Å²) in [6, 6.07) is 7.06. The lowest BCUT2D eigenvalue weighted by Crippen LogP contribution is -2.27. The van der Waals surface area contributed by atoms with E-state index in [1.165, 1.54) is 15.3 Å². The van der Waals surface area contributed by atoms with Crippen molar-refractivity contribution in [3.05, 3.63) is 44.3 Å². The van der Waals surface area contributed by atoms with Gasteiger partial charge in [-0.15, -0.1) is 22.7 Å². The Morgan fingerprint density at radius 3 is 2.75 bits per heavy atom. The summed E-state index contributed by atoms with van der Waals surface area (Å²) in [5.41, 5.74) is 1.40. The van der Waals surface area contributed by atoms with Crippen LogP contribution in [0.1, 0.15) is 22.2 Å². The molecule has 1 atom stereocenters. The first-order valence-electron chi connectivity index (χ1n) is 5.54. The van der Waals surface area contributed by atoms with Gasteiger partial charge in [-0.05, 0) is 48.7 Å². The third kappa shape index (κ3) is 3.17. The number of aryl methyl sites for hydroxylation is 1. The largest absolute Gasteiger partial charge is 0.309 e. The molecule has 0 bridgehead atoms. The third-order valence-corrected chi connectivity index (χ3v) is 4.59. The molecule has 0 aliphatic rings. The Labute approximate surface area is 105 Å². The van der Waals surface area contributed by atoms with Crippen LogP contribution in [-0.2, 0) is 13.0 Å². The Balaban J connectivity index is 1.80. The second-order valence-electron chi connectivity index (χ2n) is 4.09. The van der Waals surface area contributed by atoms with Gasteiger partial charge in [-0.2, -0.15) is 0 Å². The molecule has 1 unspecified atom stereocenters. The number of hydrogen-bond donors (Lipinski definition) is 1. The molecule has 1 N–H and O–H groups in total. The van der Waals surface area contributed by atoms with Crippen LogP contribution in [0.15, 0.2) is 29.0 Å². The number of rotatable bonds is 5. The highest BCUT2D eigenvalue weighted by molar-refractivity contribution is 7.10. The molecule has 0 aliphatic carbocycles. The second kappa shape index (κ2) is 5.62. The van der Waals surface area contributed by atoms with Gasteiger partial charge in [-0.25, -0.2) is 0 Å². The molecular weight excluding hydrogens is 234 g/mol. The predicted octanol–water partition coefficient (Wildman–Crippen LogP) is 3.84. The van der Waals surface area contributed by atoms with Gasteiger partial charge >= 0.3 is 0 Å². The Morgan fingerprint density at radius 2 is 2.12 bits per heavy atom. The predicted molar refractivity (Wildman–Crippen MR) is 73.4 cm³/mol. The van der Waals surface area contributed by atoms with Crippen LogP contribution >= 0.6 is 22.7 Å². The van der Waals surface area contributed by atoms with Crippen LogP contribution in [0, 0.1) is 6.92 Å². The van der Waals surface area contributed by atoms with Gasteiger partial charge in [0.2, 0.25) is 0 Å².